The van der Waals surface area contributed by atoms with Crippen molar-refractivity contribution in [3.8, 4) is 0 Å². The van der Waals surface area contributed by atoms with Crippen molar-refractivity contribution in [1.82, 2.24) is 4.98 Å². The molecule has 1 aliphatic heterocycles. The quantitative estimate of drug-likeness (QED) is 0.807. The van der Waals surface area contributed by atoms with Crippen molar-refractivity contribution in [1.29, 1.82) is 0 Å². The molecule has 2 heterocycles. The Labute approximate surface area is 112 Å². The highest BCUT2D eigenvalue weighted by molar-refractivity contribution is 6.30. The Morgan fingerprint density at radius 2 is 1.94 bits per heavy atom. The average Bonchev–Trinajstić information content (AvgIpc) is 2.90. The molecule has 2 aromatic rings. The lowest BCUT2D eigenvalue weighted by Gasteiger charge is -2.26. The normalized spacial score (nSPS) is 19.2. The average molecular weight is 259 g/mol. The van der Waals surface area contributed by atoms with E-state index in [9.17, 15) is 0 Å². The van der Waals surface area contributed by atoms with E-state index in [0.717, 1.165) is 12.4 Å². The van der Waals surface area contributed by atoms with Gasteiger partial charge in [-0.05, 0) is 30.5 Å². The van der Waals surface area contributed by atoms with E-state index >= 15 is 0 Å². The number of hydrogen-bond donors (Lipinski definition) is 0. The standard InChI is InChI=1S/C15H15ClN2/c16-13-8-9-15(17-11-13)18-10-4-7-14(18)12-5-2-1-3-6-12/h1-3,5-6,8-9,11,14H,4,7,10H2. The first kappa shape index (κ1) is 11.5. The lowest BCUT2D eigenvalue weighted by Crippen LogP contribution is -2.23. The van der Waals surface area contributed by atoms with Crippen molar-refractivity contribution in [2.24, 2.45) is 0 Å². The minimum Gasteiger partial charge on any atom is -0.350 e. The fourth-order valence-corrected chi connectivity index (χ4v) is 2.71. The largest absolute Gasteiger partial charge is 0.350 e. The molecule has 1 unspecified atom stereocenters. The molecule has 1 fully saturated rings. The molecule has 0 spiro atoms. The highest BCUT2D eigenvalue weighted by Gasteiger charge is 2.26. The number of anilines is 1. The van der Waals surface area contributed by atoms with Gasteiger partial charge in [0.2, 0.25) is 0 Å². The molecule has 1 atom stereocenters. The number of aromatic nitrogens is 1. The number of benzene rings is 1. The smallest absolute Gasteiger partial charge is 0.129 e. The summed E-state index contributed by atoms with van der Waals surface area (Å²) in [7, 11) is 0. The molecular weight excluding hydrogens is 244 g/mol. The molecule has 1 saturated heterocycles. The van der Waals surface area contributed by atoms with Crippen LogP contribution in [0.4, 0.5) is 5.82 Å². The third-order valence-electron chi connectivity index (χ3n) is 3.44. The Bertz CT molecular complexity index is 510. The molecule has 3 rings (SSSR count). The monoisotopic (exact) mass is 258 g/mol. The van der Waals surface area contributed by atoms with Crippen LogP contribution >= 0.6 is 11.6 Å². The van der Waals surface area contributed by atoms with Gasteiger partial charge in [0.15, 0.2) is 0 Å². The molecule has 0 amide bonds. The van der Waals surface area contributed by atoms with Gasteiger partial charge in [0.1, 0.15) is 5.82 Å². The van der Waals surface area contributed by atoms with Gasteiger partial charge in [-0.2, -0.15) is 0 Å². The van der Waals surface area contributed by atoms with Crippen molar-refractivity contribution < 1.29 is 0 Å². The van der Waals surface area contributed by atoms with Crippen molar-refractivity contribution in [2.45, 2.75) is 18.9 Å². The summed E-state index contributed by atoms with van der Waals surface area (Å²) >= 11 is 5.89. The maximum absolute atomic E-state index is 5.89. The van der Waals surface area contributed by atoms with Crippen LogP contribution < -0.4 is 4.90 Å². The first-order chi connectivity index (χ1) is 8.84. The second-order valence-electron chi connectivity index (χ2n) is 4.60. The zero-order valence-corrected chi connectivity index (χ0v) is 10.8. The maximum atomic E-state index is 5.89. The summed E-state index contributed by atoms with van der Waals surface area (Å²) in [5.41, 5.74) is 1.37. The summed E-state index contributed by atoms with van der Waals surface area (Å²) in [5.74, 6) is 1.02. The van der Waals surface area contributed by atoms with Crippen LogP contribution in [0.1, 0.15) is 24.4 Å². The van der Waals surface area contributed by atoms with Gasteiger partial charge in [0.25, 0.3) is 0 Å². The zero-order valence-electron chi connectivity index (χ0n) is 10.1. The van der Waals surface area contributed by atoms with E-state index < -0.39 is 0 Å². The molecule has 1 aliphatic rings. The van der Waals surface area contributed by atoms with Gasteiger partial charge in [0, 0.05) is 12.7 Å². The molecule has 1 aromatic carbocycles. The Morgan fingerprint density at radius 1 is 1.11 bits per heavy atom. The van der Waals surface area contributed by atoms with Crippen molar-refractivity contribution in [3.63, 3.8) is 0 Å². The topological polar surface area (TPSA) is 16.1 Å². The zero-order chi connectivity index (χ0) is 12.4. The van der Waals surface area contributed by atoms with Gasteiger partial charge < -0.3 is 4.90 Å². The van der Waals surface area contributed by atoms with Crippen LogP contribution in [0, 0.1) is 0 Å². The van der Waals surface area contributed by atoms with E-state index in [-0.39, 0.29) is 0 Å². The third-order valence-corrected chi connectivity index (χ3v) is 3.67. The van der Waals surface area contributed by atoms with Gasteiger partial charge in [-0.3, -0.25) is 0 Å². The third kappa shape index (κ3) is 2.21. The van der Waals surface area contributed by atoms with Gasteiger partial charge in [-0.1, -0.05) is 41.9 Å². The van der Waals surface area contributed by atoms with Crippen molar-refractivity contribution in [2.75, 3.05) is 11.4 Å². The lowest BCUT2D eigenvalue weighted by molar-refractivity contribution is 0.712. The SMILES string of the molecule is Clc1ccc(N2CCCC2c2ccccc2)nc1. The summed E-state index contributed by atoms with van der Waals surface area (Å²) in [6, 6.07) is 15.0. The van der Waals surface area contributed by atoms with Crippen LogP contribution in [0.5, 0.6) is 0 Å². The maximum Gasteiger partial charge on any atom is 0.129 e. The first-order valence-electron chi connectivity index (χ1n) is 6.28. The molecule has 18 heavy (non-hydrogen) atoms. The van der Waals surface area contributed by atoms with Crippen molar-refractivity contribution in [3.05, 3.63) is 59.2 Å². The van der Waals surface area contributed by atoms with Gasteiger partial charge in [-0.15, -0.1) is 0 Å². The summed E-state index contributed by atoms with van der Waals surface area (Å²) in [4.78, 5) is 6.80. The Morgan fingerprint density at radius 3 is 2.67 bits per heavy atom. The molecule has 2 nitrogen and oxygen atoms in total. The second kappa shape index (κ2) is 4.99. The molecule has 92 valence electrons. The molecule has 0 bridgehead atoms. The highest BCUT2D eigenvalue weighted by atomic mass is 35.5. The Hall–Kier alpha value is -1.54. The van der Waals surface area contributed by atoms with Crippen LogP contribution in [-0.2, 0) is 0 Å². The fraction of sp³-hybridized carbons (Fsp3) is 0.267. The minimum atomic E-state index is 0.444. The van der Waals surface area contributed by atoms with E-state index in [1.54, 1.807) is 6.20 Å². The van der Waals surface area contributed by atoms with Gasteiger partial charge in [-0.25, -0.2) is 4.98 Å². The summed E-state index contributed by atoms with van der Waals surface area (Å²) in [6.07, 6.45) is 4.12. The number of rotatable bonds is 2. The first-order valence-corrected chi connectivity index (χ1v) is 6.65. The van der Waals surface area contributed by atoms with E-state index in [4.69, 9.17) is 11.6 Å². The number of nitrogens with zero attached hydrogens (tertiary/aromatic N) is 2. The summed E-state index contributed by atoms with van der Waals surface area (Å²) in [5, 5.41) is 0.689. The molecule has 1 aromatic heterocycles. The minimum absolute atomic E-state index is 0.444. The molecule has 0 saturated carbocycles. The predicted octanol–water partition coefficient (Wildman–Crippen LogP) is 4.08. The Balaban J connectivity index is 1.90. The van der Waals surface area contributed by atoms with Gasteiger partial charge >= 0.3 is 0 Å². The van der Waals surface area contributed by atoms with Gasteiger partial charge in [0.05, 0.1) is 11.1 Å². The summed E-state index contributed by atoms with van der Waals surface area (Å²) in [6.45, 7) is 1.06. The van der Waals surface area contributed by atoms with E-state index in [1.165, 1.54) is 18.4 Å². The molecule has 0 radical (unpaired) electrons. The van der Waals surface area contributed by atoms with Crippen LogP contribution in [0.15, 0.2) is 48.7 Å². The number of hydrogen-bond acceptors (Lipinski definition) is 2. The van der Waals surface area contributed by atoms with E-state index in [1.807, 2.05) is 12.1 Å². The molecule has 3 heteroatoms. The van der Waals surface area contributed by atoms with Crippen LogP contribution in [0.3, 0.4) is 0 Å². The predicted molar refractivity (Wildman–Crippen MR) is 75.0 cm³/mol. The van der Waals surface area contributed by atoms with Crippen LogP contribution in [0.25, 0.3) is 0 Å². The second-order valence-corrected chi connectivity index (χ2v) is 5.03. The highest BCUT2D eigenvalue weighted by Crippen LogP contribution is 2.35. The Kier molecular flexibility index (Phi) is 3.20. The molecular formula is C15H15ClN2. The number of halogens is 1. The van der Waals surface area contributed by atoms with E-state index in [0.29, 0.717) is 11.1 Å². The molecule has 0 N–H and O–H groups in total. The fourth-order valence-electron chi connectivity index (χ4n) is 2.60. The van der Waals surface area contributed by atoms with Crippen LogP contribution in [0.2, 0.25) is 5.02 Å². The lowest BCUT2D eigenvalue weighted by atomic mass is 10.0. The van der Waals surface area contributed by atoms with Crippen LogP contribution in [-0.4, -0.2) is 11.5 Å². The molecule has 0 aliphatic carbocycles. The number of pyridine rings is 1. The van der Waals surface area contributed by atoms with E-state index in [2.05, 4.69) is 40.2 Å². The van der Waals surface area contributed by atoms with Crippen molar-refractivity contribution >= 4 is 17.4 Å². The summed E-state index contributed by atoms with van der Waals surface area (Å²) < 4.78 is 0.